The molecule has 6 nitrogen and oxygen atoms in total. The molecule has 1 saturated carbocycles. The highest BCUT2D eigenvalue weighted by Gasteiger charge is 2.71. The number of carboxylic acids is 2. The number of carboxylic acid groups (broad SMARTS) is 2. The molecule has 2 rings (SSSR count). The van der Waals surface area contributed by atoms with E-state index in [9.17, 15) is 34.1 Å². The smallest absolute Gasteiger partial charge is 0.317 e. The van der Waals surface area contributed by atoms with Crippen LogP contribution in [-0.2, 0) is 14.4 Å². The number of hydrogen-bond donors (Lipinski definition) is 3. The maximum atomic E-state index is 13.9. The Labute approximate surface area is 150 Å². The second kappa shape index (κ2) is 6.46. The fourth-order valence-electron chi connectivity index (χ4n) is 4.66. The predicted molar refractivity (Wildman–Crippen MR) is 90.1 cm³/mol. The number of ketones is 1. The molecular weight excluding hydrogens is 343 g/mol. The van der Waals surface area contributed by atoms with E-state index in [1.807, 2.05) is 0 Å². The molecule has 0 spiro atoms. The number of Topliss-reactive ketones (excluding diaryl/α,β-unsaturated/α-hetero) is 1. The van der Waals surface area contributed by atoms with Crippen molar-refractivity contribution in [1.82, 2.24) is 0 Å². The number of benzene rings is 1. The van der Waals surface area contributed by atoms with E-state index in [-0.39, 0.29) is 18.4 Å². The van der Waals surface area contributed by atoms with Gasteiger partial charge in [0.1, 0.15) is 16.6 Å². The normalized spacial score (nSPS) is 34.5. The molecule has 1 aromatic carbocycles. The van der Waals surface area contributed by atoms with E-state index in [1.54, 1.807) is 0 Å². The summed E-state index contributed by atoms with van der Waals surface area (Å²) < 4.78 is 13.9. The number of rotatable bonds is 5. The molecule has 0 amide bonds. The van der Waals surface area contributed by atoms with E-state index in [2.05, 4.69) is 0 Å². The molecule has 7 heteroatoms. The number of carbonyl (C=O) groups is 3. The molecule has 1 aliphatic carbocycles. The fraction of sp³-hybridized carbons (Fsp3) is 0.526. The Balaban J connectivity index is 2.97. The third-order valence-electron chi connectivity index (χ3n) is 6.01. The van der Waals surface area contributed by atoms with Crippen LogP contribution < -0.4 is 0 Å². The van der Waals surface area contributed by atoms with E-state index in [0.717, 1.165) is 12.1 Å². The number of hydrogen-bond acceptors (Lipinski definition) is 4. The Bertz CT molecular complexity index is 758. The molecule has 3 N–H and O–H groups in total. The van der Waals surface area contributed by atoms with Crippen molar-refractivity contribution >= 4 is 17.7 Å². The van der Waals surface area contributed by atoms with Gasteiger partial charge in [0.05, 0.1) is 5.60 Å². The van der Waals surface area contributed by atoms with Crippen LogP contribution in [0.15, 0.2) is 24.3 Å². The Hall–Kier alpha value is -2.28. The zero-order chi connectivity index (χ0) is 19.9. The fourth-order valence-corrected chi connectivity index (χ4v) is 4.66. The highest BCUT2D eigenvalue weighted by molar-refractivity contribution is 6.07. The molecule has 0 bridgehead atoms. The second-order valence-electron chi connectivity index (χ2n) is 7.12. The number of halogens is 1. The van der Waals surface area contributed by atoms with Gasteiger partial charge in [-0.2, -0.15) is 0 Å². The third-order valence-corrected chi connectivity index (χ3v) is 6.01. The van der Waals surface area contributed by atoms with Gasteiger partial charge in [-0.15, -0.1) is 0 Å². The lowest BCUT2D eigenvalue weighted by molar-refractivity contribution is -0.199. The van der Waals surface area contributed by atoms with Crippen LogP contribution in [0.1, 0.15) is 51.5 Å². The van der Waals surface area contributed by atoms with Crippen LogP contribution in [0, 0.1) is 16.6 Å². The van der Waals surface area contributed by atoms with E-state index in [1.165, 1.54) is 32.9 Å². The van der Waals surface area contributed by atoms with Crippen molar-refractivity contribution in [3.8, 4) is 0 Å². The summed E-state index contributed by atoms with van der Waals surface area (Å²) in [7, 11) is 0. The summed E-state index contributed by atoms with van der Waals surface area (Å²) in [4.78, 5) is 37.5. The van der Waals surface area contributed by atoms with Crippen molar-refractivity contribution in [2.75, 3.05) is 0 Å². The first-order chi connectivity index (χ1) is 12.0. The summed E-state index contributed by atoms with van der Waals surface area (Å²) in [5, 5.41) is 31.0. The van der Waals surface area contributed by atoms with E-state index in [0.29, 0.717) is 0 Å². The number of aliphatic hydroxyl groups is 1. The first-order valence-electron chi connectivity index (χ1n) is 8.49. The van der Waals surface area contributed by atoms with Gasteiger partial charge in [0.15, 0.2) is 5.78 Å². The molecule has 4 atom stereocenters. The first kappa shape index (κ1) is 20.0. The van der Waals surface area contributed by atoms with Crippen LogP contribution in [0.5, 0.6) is 0 Å². The second-order valence-corrected chi connectivity index (χ2v) is 7.12. The van der Waals surface area contributed by atoms with Crippen LogP contribution in [0.25, 0.3) is 0 Å². The van der Waals surface area contributed by atoms with Crippen molar-refractivity contribution < 1.29 is 34.1 Å². The quantitative estimate of drug-likeness (QED) is 0.691. The Kier molecular flexibility index (Phi) is 4.98. The average molecular weight is 366 g/mol. The Morgan fingerprint density at radius 2 is 1.81 bits per heavy atom. The van der Waals surface area contributed by atoms with Crippen molar-refractivity contribution in [3.63, 3.8) is 0 Å². The van der Waals surface area contributed by atoms with Crippen LogP contribution in [0.2, 0.25) is 0 Å². The molecule has 1 aromatic rings. The van der Waals surface area contributed by atoms with Gasteiger partial charge in [-0.3, -0.25) is 14.4 Å². The molecule has 1 fully saturated rings. The first-order valence-corrected chi connectivity index (χ1v) is 8.49. The molecule has 0 aliphatic heterocycles. The minimum absolute atomic E-state index is 0.0758. The van der Waals surface area contributed by atoms with Gasteiger partial charge in [0.25, 0.3) is 0 Å². The summed E-state index contributed by atoms with van der Waals surface area (Å²) in [5.41, 5.74) is -5.95. The van der Waals surface area contributed by atoms with E-state index in [4.69, 9.17) is 0 Å². The van der Waals surface area contributed by atoms with Gasteiger partial charge in [-0.05, 0) is 37.5 Å². The Morgan fingerprint density at radius 1 is 1.19 bits per heavy atom. The summed E-state index contributed by atoms with van der Waals surface area (Å²) in [6.07, 6.45) is -0.897. The van der Waals surface area contributed by atoms with Gasteiger partial charge in [0, 0.05) is 12.3 Å². The molecule has 142 valence electrons. The molecule has 0 heterocycles. The summed E-state index contributed by atoms with van der Waals surface area (Å²) in [6.45, 7) is 4.24. The van der Waals surface area contributed by atoms with Crippen LogP contribution in [-0.4, -0.2) is 38.6 Å². The van der Waals surface area contributed by atoms with Gasteiger partial charge in [0.2, 0.25) is 0 Å². The number of aliphatic carboxylic acids is 2. The minimum atomic E-state index is -2.07. The van der Waals surface area contributed by atoms with Gasteiger partial charge < -0.3 is 15.3 Å². The highest BCUT2D eigenvalue weighted by atomic mass is 19.1. The number of carbonyl (C=O) groups excluding carboxylic acids is 1. The monoisotopic (exact) mass is 366 g/mol. The van der Waals surface area contributed by atoms with Gasteiger partial charge >= 0.3 is 11.9 Å². The molecule has 4 unspecified atom stereocenters. The topological polar surface area (TPSA) is 112 Å². The Morgan fingerprint density at radius 3 is 2.23 bits per heavy atom. The highest BCUT2D eigenvalue weighted by Crippen LogP contribution is 2.62. The minimum Gasteiger partial charge on any atom is -0.481 e. The lowest BCUT2D eigenvalue weighted by Crippen LogP contribution is -2.67. The van der Waals surface area contributed by atoms with Crippen molar-refractivity contribution in [3.05, 3.63) is 35.6 Å². The molecule has 0 aromatic heterocycles. The van der Waals surface area contributed by atoms with Gasteiger partial charge in [-0.1, -0.05) is 26.0 Å². The average Bonchev–Trinajstić information content (AvgIpc) is 2.53. The lowest BCUT2D eigenvalue weighted by Gasteiger charge is -2.56. The largest absolute Gasteiger partial charge is 0.481 e. The van der Waals surface area contributed by atoms with E-state index < -0.39 is 52.3 Å². The van der Waals surface area contributed by atoms with Crippen molar-refractivity contribution in [2.24, 2.45) is 10.8 Å². The zero-order valence-corrected chi connectivity index (χ0v) is 15.0. The molecule has 26 heavy (non-hydrogen) atoms. The third kappa shape index (κ3) is 2.45. The lowest BCUT2D eigenvalue weighted by atomic mass is 9.45. The maximum Gasteiger partial charge on any atom is 0.317 e. The van der Waals surface area contributed by atoms with Crippen LogP contribution in [0.3, 0.4) is 0 Å². The summed E-state index contributed by atoms with van der Waals surface area (Å²) in [5.74, 6) is -5.73. The van der Waals surface area contributed by atoms with Crippen LogP contribution >= 0.6 is 0 Å². The maximum absolute atomic E-state index is 13.9. The molecule has 0 radical (unpaired) electrons. The van der Waals surface area contributed by atoms with Crippen LogP contribution in [0.4, 0.5) is 4.39 Å². The van der Waals surface area contributed by atoms with Gasteiger partial charge in [-0.25, -0.2) is 4.39 Å². The predicted octanol–water partition coefficient (Wildman–Crippen LogP) is 2.60. The standard InChI is InChI=1S/C19H23FO6/c1-4-18(15(22)23)13(21)10-17(3,26)19(5-2,16(24)25)14(18)11-7-6-8-12(20)9-11/h6-9,14,26H,4-5,10H2,1-3H3,(H,22,23)(H,24,25). The molecule has 0 saturated heterocycles. The van der Waals surface area contributed by atoms with E-state index >= 15 is 0 Å². The summed E-state index contributed by atoms with van der Waals surface area (Å²) in [6, 6.07) is 4.93. The van der Waals surface area contributed by atoms with Crippen molar-refractivity contribution in [2.45, 2.75) is 51.6 Å². The summed E-state index contributed by atoms with van der Waals surface area (Å²) >= 11 is 0. The zero-order valence-electron chi connectivity index (χ0n) is 15.0. The molecular formula is C19H23FO6. The SMILES string of the molecule is CCC1(C(=O)O)C(=O)CC(C)(O)C(CC)(C(=O)O)C1c1cccc(F)c1. The van der Waals surface area contributed by atoms with Crippen molar-refractivity contribution in [1.29, 1.82) is 0 Å². The molecule has 1 aliphatic rings.